The van der Waals surface area contributed by atoms with Crippen LogP contribution in [0.5, 0.6) is 0 Å². The molecule has 2 aromatic carbocycles. The number of nitrogens with zero attached hydrogens (tertiary/aromatic N) is 1. The van der Waals surface area contributed by atoms with Gasteiger partial charge in [0.05, 0.1) is 6.10 Å². The predicted octanol–water partition coefficient (Wildman–Crippen LogP) is 4.33. The topological polar surface area (TPSA) is 23.5 Å². The predicted molar refractivity (Wildman–Crippen MR) is 95.6 cm³/mol. The van der Waals surface area contributed by atoms with Crippen molar-refractivity contribution < 1.29 is 13.9 Å². The number of likely N-dealkylation sites (tertiary alicyclic amines) is 1. The molecule has 1 atom stereocenters. The summed E-state index contributed by atoms with van der Waals surface area (Å²) in [6, 6.07) is 13.2. The fourth-order valence-corrected chi connectivity index (χ4v) is 3.67. The Hall–Kier alpha value is -1.78. The van der Waals surface area contributed by atoms with Crippen molar-refractivity contribution >= 4 is 0 Å². The molecule has 3 rings (SSSR count). The van der Waals surface area contributed by atoms with Gasteiger partial charge in [0, 0.05) is 12.5 Å². The highest BCUT2D eigenvalue weighted by Crippen LogP contribution is 2.30. The normalized spacial score (nSPS) is 18.6. The van der Waals surface area contributed by atoms with Gasteiger partial charge < -0.3 is 10.0 Å². The van der Waals surface area contributed by atoms with Crippen molar-refractivity contribution in [3.8, 4) is 0 Å². The Bertz CT molecular complexity index is 611. The Morgan fingerprint density at radius 3 is 2.04 bits per heavy atom. The molecule has 0 aliphatic carbocycles. The van der Waals surface area contributed by atoms with Crippen molar-refractivity contribution in [2.75, 3.05) is 19.6 Å². The lowest BCUT2D eigenvalue weighted by atomic mass is 9.87. The lowest BCUT2D eigenvalue weighted by Crippen LogP contribution is -2.38. The van der Waals surface area contributed by atoms with E-state index in [4.69, 9.17) is 0 Å². The highest BCUT2D eigenvalue weighted by Gasteiger charge is 2.19. The van der Waals surface area contributed by atoms with Gasteiger partial charge in [-0.3, -0.25) is 0 Å². The molecule has 0 amide bonds. The van der Waals surface area contributed by atoms with E-state index in [0.29, 0.717) is 0 Å². The van der Waals surface area contributed by atoms with E-state index in [1.165, 1.54) is 24.3 Å². The molecule has 0 aromatic heterocycles. The Morgan fingerprint density at radius 1 is 0.960 bits per heavy atom. The van der Waals surface area contributed by atoms with Crippen LogP contribution in [0, 0.1) is 11.6 Å². The third kappa shape index (κ3) is 5.10. The molecule has 1 aliphatic heterocycles. The minimum Gasteiger partial charge on any atom is -0.392 e. The number of rotatable bonds is 6. The SMILES string of the molecule is O[C@H]1CCCN(CCCC(c2ccc(F)cc2)c2ccc(F)cc2)C1. The third-order valence-electron chi connectivity index (χ3n) is 4.99. The van der Waals surface area contributed by atoms with Crippen LogP contribution in [-0.2, 0) is 0 Å². The van der Waals surface area contributed by atoms with Crippen LogP contribution in [-0.4, -0.2) is 35.7 Å². The zero-order valence-corrected chi connectivity index (χ0v) is 14.4. The van der Waals surface area contributed by atoms with Gasteiger partial charge in [-0.2, -0.15) is 0 Å². The molecule has 1 N–H and O–H groups in total. The zero-order valence-electron chi connectivity index (χ0n) is 14.4. The second-order valence-electron chi connectivity index (χ2n) is 6.89. The van der Waals surface area contributed by atoms with Crippen LogP contribution >= 0.6 is 0 Å². The molecule has 134 valence electrons. The van der Waals surface area contributed by atoms with Crippen LogP contribution < -0.4 is 0 Å². The van der Waals surface area contributed by atoms with E-state index in [0.717, 1.165) is 56.4 Å². The van der Waals surface area contributed by atoms with Gasteiger partial charge in [0.2, 0.25) is 0 Å². The maximum absolute atomic E-state index is 13.3. The second kappa shape index (κ2) is 8.54. The number of hydrogen-bond acceptors (Lipinski definition) is 2. The summed E-state index contributed by atoms with van der Waals surface area (Å²) >= 11 is 0. The van der Waals surface area contributed by atoms with Crippen molar-refractivity contribution in [2.45, 2.75) is 37.7 Å². The van der Waals surface area contributed by atoms with Gasteiger partial charge in [-0.15, -0.1) is 0 Å². The smallest absolute Gasteiger partial charge is 0.123 e. The minimum atomic E-state index is -0.246. The van der Waals surface area contributed by atoms with Crippen molar-refractivity contribution in [2.24, 2.45) is 0 Å². The molecule has 0 spiro atoms. The number of benzene rings is 2. The summed E-state index contributed by atoms with van der Waals surface area (Å²) in [6.07, 6.45) is 3.61. The molecule has 2 nitrogen and oxygen atoms in total. The Labute approximate surface area is 148 Å². The van der Waals surface area contributed by atoms with E-state index in [-0.39, 0.29) is 23.7 Å². The number of aliphatic hydroxyl groups excluding tert-OH is 1. The molecule has 25 heavy (non-hydrogen) atoms. The standard InChI is InChI=1S/C21H25F2NO/c22-18-9-5-16(6-10-18)21(17-7-11-19(23)12-8-17)4-2-14-24-13-1-3-20(25)15-24/h5-12,20-21,25H,1-4,13-15H2/t20-/m0/s1. The first-order chi connectivity index (χ1) is 12.1. The summed E-state index contributed by atoms with van der Waals surface area (Å²) in [5.41, 5.74) is 2.10. The van der Waals surface area contributed by atoms with E-state index in [2.05, 4.69) is 4.90 Å². The average molecular weight is 345 g/mol. The lowest BCUT2D eigenvalue weighted by Gasteiger charge is -2.30. The van der Waals surface area contributed by atoms with Gasteiger partial charge >= 0.3 is 0 Å². The van der Waals surface area contributed by atoms with Gasteiger partial charge in [-0.25, -0.2) is 8.78 Å². The number of β-amino-alcohol motifs (C(OH)–C–C–N with tert-alkyl or cyclic N) is 1. The van der Waals surface area contributed by atoms with Crippen molar-refractivity contribution in [3.63, 3.8) is 0 Å². The highest BCUT2D eigenvalue weighted by molar-refractivity contribution is 5.32. The quantitative estimate of drug-likeness (QED) is 0.842. The van der Waals surface area contributed by atoms with Gasteiger partial charge in [-0.05, 0) is 74.2 Å². The molecule has 0 saturated carbocycles. The Kier molecular flexibility index (Phi) is 6.16. The van der Waals surface area contributed by atoms with Crippen LogP contribution in [0.15, 0.2) is 48.5 Å². The molecule has 0 unspecified atom stereocenters. The summed E-state index contributed by atoms with van der Waals surface area (Å²) in [7, 11) is 0. The van der Waals surface area contributed by atoms with E-state index in [1.54, 1.807) is 0 Å². The van der Waals surface area contributed by atoms with Gasteiger partial charge in [0.15, 0.2) is 0 Å². The van der Waals surface area contributed by atoms with Crippen LogP contribution in [0.2, 0.25) is 0 Å². The summed E-state index contributed by atoms with van der Waals surface area (Å²) < 4.78 is 26.5. The molecular formula is C21H25F2NO. The summed E-state index contributed by atoms with van der Waals surface area (Å²) in [5.74, 6) is -0.372. The van der Waals surface area contributed by atoms with Crippen molar-refractivity contribution in [3.05, 3.63) is 71.3 Å². The summed E-state index contributed by atoms with van der Waals surface area (Å²) in [4.78, 5) is 2.31. The lowest BCUT2D eigenvalue weighted by molar-refractivity contribution is 0.0697. The zero-order chi connectivity index (χ0) is 17.6. The van der Waals surface area contributed by atoms with Crippen LogP contribution in [0.25, 0.3) is 0 Å². The molecule has 1 heterocycles. The molecule has 2 aromatic rings. The van der Waals surface area contributed by atoms with Crippen molar-refractivity contribution in [1.82, 2.24) is 4.90 Å². The molecule has 0 bridgehead atoms. The van der Waals surface area contributed by atoms with E-state index in [1.807, 2.05) is 24.3 Å². The number of halogens is 2. The number of hydrogen-bond donors (Lipinski definition) is 1. The summed E-state index contributed by atoms with van der Waals surface area (Å²) in [6.45, 7) is 2.72. The largest absolute Gasteiger partial charge is 0.392 e. The van der Waals surface area contributed by atoms with E-state index >= 15 is 0 Å². The minimum absolute atomic E-state index is 0.121. The fourth-order valence-electron chi connectivity index (χ4n) is 3.67. The molecule has 4 heteroatoms. The monoisotopic (exact) mass is 345 g/mol. The van der Waals surface area contributed by atoms with Crippen LogP contribution in [0.4, 0.5) is 8.78 Å². The molecule has 1 saturated heterocycles. The van der Waals surface area contributed by atoms with Crippen LogP contribution in [0.3, 0.4) is 0 Å². The number of piperidine rings is 1. The molecule has 1 fully saturated rings. The van der Waals surface area contributed by atoms with E-state index < -0.39 is 0 Å². The highest BCUT2D eigenvalue weighted by atomic mass is 19.1. The Balaban J connectivity index is 1.68. The van der Waals surface area contributed by atoms with Gasteiger partial charge in [0.25, 0.3) is 0 Å². The first kappa shape index (κ1) is 18.0. The first-order valence-electron chi connectivity index (χ1n) is 9.03. The second-order valence-corrected chi connectivity index (χ2v) is 6.89. The molecule has 1 aliphatic rings. The van der Waals surface area contributed by atoms with Gasteiger partial charge in [0.1, 0.15) is 11.6 Å². The average Bonchev–Trinajstić information content (AvgIpc) is 2.61. The van der Waals surface area contributed by atoms with Crippen LogP contribution in [0.1, 0.15) is 42.7 Å². The third-order valence-corrected chi connectivity index (χ3v) is 4.99. The summed E-state index contributed by atoms with van der Waals surface area (Å²) in [5, 5.41) is 9.78. The molecule has 0 radical (unpaired) electrons. The maximum atomic E-state index is 13.3. The van der Waals surface area contributed by atoms with Gasteiger partial charge in [-0.1, -0.05) is 24.3 Å². The number of aliphatic hydroxyl groups is 1. The fraction of sp³-hybridized carbons (Fsp3) is 0.429. The Morgan fingerprint density at radius 2 is 1.52 bits per heavy atom. The maximum Gasteiger partial charge on any atom is 0.123 e. The van der Waals surface area contributed by atoms with Crippen molar-refractivity contribution in [1.29, 1.82) is 0 Å². The molecular weight excluding hydrogens is 320 g/mol. The van der Waals surface area contributed by atoms with E-state index in [9.17, 15) is 13.9 Å². The first-order valence-corrected chi connectivity index (χ1v) is 9.03.